The Morgan fingerprint density at radius 1 is 1.46 bits per heavy atom. The first-order valence-electron chi connectivity index (χ1n) is 4.70. The van der Waals surface area contributed by atoms with Gasteiger partial charge in [0, 0.05) is 7.11 Å². The molecule has 0 aromatic heterocycles. The average Bonchev–Trinajstić information content (AvgIpc) is 2.37. The Kier molecular flexibility index (Phi) is 2.51. The van der Waals surface area contributed by atoms with Crippen molar-refractivity contribution in [3.05, 3.63) is 0 Å². The van der Waals surface area contributed by atoms with Crippen LogP contribution in [-0.2, 0) is 14.3 Å². The Hall–Kier alpha value is -0.610. The quantitative estimate of drug-likeness (QED) is 0.609. The fourth-order valence-corrected chi connectivity index (χ4v) is 2.23. The highest BCUT2D eigenvalue weighted by Crippen LogP contribution is 2.28. The molecule has 0 saturated carbocycles. The van der Waals surface area contributed by atoms with Crippen LogP contribution in [0.4, 0.5) is 0 Å². The molecule has 4 heteroatoms. The molecule has 2 aliphatic heterocycles. The summed E-state index contributed by atoms with van der Waals surface area (Å²) in [7, 11) is 1.56. The van der Waals surface area contributed by atoms with Gasteiger partial charge in [0.05, 0.1) is 25.3 Å². The molecule has 2 saturated heterocycles. The van der Waals surface area contributed by atoms with Crippen molar-refractivity contribution in [2.45, 2.75) is 24.9 Å². The minimum Gasteiger partial charge on any atom is -0.377 e. The Morgan fingerprint density at radius 3 is 2.62 bits per heavy atom. The van der Waals surface area contributed by atoms with Gasteiger partial charge in [0.15, 0.2) is 0 Å². The summed E-state index contributed by atoms with van der Waals surface area (Å²) >= 11 is 0. The third-order valence-corrected chi connectivity index (χ3v) is 2.80. The summed E-state index contributed by atoms with van der Waals surface area (Å²) in [5.41, 5.74) is 0. The van der Waals surface area contributed by atoms with E-state index in [-0.39, 0.29) is 12.5 Å². The zero-order chi connectivity index (χ0) is 9.26. The van der Waals surface area contributed by atoms with Gasteiger partial charge in [-0.2, -0.15) is 0 Å². The highest BCUT2D eigenvalue weighted by Gasteiger charge is 2.39. The van der Waals surface area contributed by atoms with E-state index < -0.39 is 0 Å². The number of rotatable bonds is 2. The van der Waals surface area contributed by atoms with Crippen LogP contribution in [0.1, 0.15) is 12.8 Å². The molecule has 0 spiro atoms. The van der Waals surface area contributed by atoms with Crippen molar-refractivity contribution in [2.24, 2.45) is 0 Å². The van der Waals surface area contributed by atoms with Crippen LogP contribution in [-0.4, -0.2) is 49.8 Å². The van der Waals surface area contributed by atoms with Crippen LogP contribution in [0.25, 0.3) is 0 Å². The molecule has 0 aromatic carbocycles. The molecule has 2 fully saturated rings. The van der Waals surface area contributed by atoms with Crippen LogP contribution in [0.5, 0.6) is 0 Å². The molecular weight excluding hydrogens is 170 g/mol. The summed E-state index contributed by atoms with van der Waals surface area (Å²) in [6.07, 6.45) is 2.17. The molecule has 2 heterocycles. The molecule has 2 atom stereocenters. The maximum Gasteiger partial charge on any atom is 0.249 e. The summed E-state index contributed by atoms with van der Waals surface area (Å²) in [6.45, 7) is 1.60. The van der Waals surface area contributed by atoms with Gasteiger partial charge in [-0.3, -0.25) is 4.79 Å². The van der Waals surface area contributed by atoms with Crippen molar-refractivity contribution < 1.29 is 14.3 Å². The van der Waals surface area contributed by atoms with Gasteiger partial charge in [-0.15, -0.1) is 0 Å². The van der Waals surface area contributed by atoms with Gasteiger partial charge in [0.2, 0.25) is 5.91 Å². The van der Waals surface area contributed by atoms with Gasteiger partial charge < -0.3 is 14.4 Å². The monoisotopic (exact) mass is 185 g/mol. The number of carbonyl (C=O) groups is 1. The van der Waals surface area contributed by atoms with Crippen LogP contribution in [0.15, 0.2) is 0 Å². The molecule has 2 aliphatic rings. The van der Waals surface area contributed by atoms with Gasteiger partial charge in [-0.1, -0.05) is 0 Å². The Morgan fingerprint density at radius 2 is 2.08 bits per heavy atom. The van der Waals surface area contributed by atoms with Crippen molar-refractivity contribution in [1.29, 1.82) is 0 Å². The second-order valence-electron chi connectivity index (χ2n) is 3.66. The molecule has 74 valence electrons. The molecular formula is C9H15NO3. The van der Waals surface area contributed by atoms with Crippen molar-refractivity contribution >= 4 is 5.91 Å². The first-order chi connectivity index (χ1) is 6.33. The maximum atomic E-state index is 11.6. The SMILES string of the molecule is COCC(=O)N1[C@@H]2CC[C@@H]1COC2. The van der Waals surface area contributed by atoms with E-state index in [4.69, 9.17) is 9.47 Å². The number of methoxy groups -OCH3 is 1. The molecule has 0 aromatic rings. The number of ether oxygens (including phenoxy) is 2. The lowest BCUT2D eigenvalue weighted by atomic mass is 10.2. The first-order valence-corrected chi connectivity index (χ1v) is 4.70. The van der Waals surface area contributed by atoms with Gasteiger partial charge in [-0.05, 0) is 12.8 Å². The van der Waals surface area contributed by atoms with Crippen molar-refractivity contribution in [1.82, 2.24) is 4.90 Å². The number of amides is 1. The van der Waals surface area contributed by atoms with E-state index in [0.29, 0.717) is 25.3 Å². The zero-order valence-electron chi connectivity index (χ0n) is 7.86. The van der Waals surface area contributed by atoms with Crippen LogP contribution < -0.4 is 0 Å². The molecule has 0 aliphatic carbocycles. The summed E-state index contributed by atoms with van der Waals surface area (Å²) in [4.78, 5) is 13.6. The normalized spacial score (nSPS) is 32.2. The van der Waals surface area contributed by atoms with Crippen LogP contribution in [0.3, 0.4) is 0 Å². The van der Waals surface area contributed by atoms with E-state index in [0.717, 1.165) is 12.8 Å². The van der Waals surface area contributed by atoms with E-state index in [1.807, 2.05) is 4.90 Å². The topological polar surface area (TPSA) is 38.8 Å². The Bertz CT molecular complexity index is 191. The van der Waals surface area contributed by atoms with Gasteiger partial charge in [-0.25, -0.2) is 0 Å². The second kappa shape index (κ2) is 3.64. The van der Waals surface area contributed by atoms with Gasteiger partial charge in [0.25, 0.3) is 0 Å². The minimum atomic E-state index is 0.110. The molecule has 4 nitrogen and oxygen atoms in total. The summed E-state index contributed by atoms with van der Waals surface area (Å²) in [6, 6.07) is 0.614. The third-order valence-electron chi connectivity index (χ3n) is 2.80. The number of morpholine rings is 1. The number of nitrogens with zero attached hydrogens (tertiary/aromatic N) is 1. The summed E-state index contributed by atoms with van der Waals surface area (Å²) < 4.78 is 10.2. The first kappa shape index (κ1) is 8.97. The lowest BCUT2D eigenvalue weighted by Crippen LogP contribution is -2.50. The van der Waals surface area contributed by atoms with Crippen molar-refractivity contribution in [2.75, 3.05) is 26.9 Å². The highest BCUT2D eigenvalue weighted by atomic mass is 16.5. The number of fused-ring (bicyclic) bond motifs is 2. The molecule has 1 amide bonds. The predicted molar refractivity (Wildman–Crippen MR) is 46.4 cm³/mol. The van der Waals surface area contributed by atoms with Crippen molar-refractivity contribution in [3.63, 3.8) is 0 Å². The third kappa shape index (κ3) is 1.56. The fraction of sp³-hybridized carbons (Fsp3) is 0.889. The van der Waals surface area contributed by atoms with Crippen LogP contribution in [0, 0.1) is 0 Å². The summed E-state index contributed by atoms with van der Waals surface area (Å²) in [5.74, 6) is 0.110. The Labute approximate surface area is 77.8 Å². The number of hydrogen-bond donors (Lipinski definition) is 0. The average molecular weight is 185 g/mol. The van der Waals surface area contributed by atoms with E-state index >= 15 is 0 Å². The number of carbonyl (C=O) groups excluding carboxylic acids is 1. The number of hydrogen-bond acceptors (Lipinski definition) is 3. The van der Waals surface area contributed by atoms with E-state index in [1.54, 1.807) is 7.11 Å². The predicted octanol–water partition coefficient (Wildman–Crippen LogP) is 0.0226. The molecule has 0 unspecified atom stereocenters. The smallest absolute Gasteiger partial charge is 0.249 e. The molecule has 13 heavy (non-hydrogen) atoms. The van der Waals surface area contributed by atoms with E-state index in [2.05, 4.69) is 0 Å². The molecule has 0 radical (unpaired) electrons. The zero-order valence-corrected chi connectivity index (χ0v) is 7.86. The van der Waals surface area contributed by atoms with Crippen LogP contribution in [0.2, 0.25) is 0 Å². The molecule has 2 rings (SSSR count). The Balaban J connectivity index is 2.02. The van der Waals surface area contributed by atoms with Crippen LogP contribution >= 0.6 is 0 Å². The lowest BCUT2D eigenvalue weighted by molar-refractivity contribution is -0.144. The van der Waals surface area contributed by atoms with Gasteiger partial charge >= 0.3 is 0 Å². The standard InChI is InChI=1S/C9H15NO3/c1-12-6-9(11)10-7-2-3-8(10)5-13-4-7/h7-8H,2-6H2,1H3/t7-,8-/m1/s1. The highest BCUT2D eigenvalue weighted by molar-refractivity contribution is 5.78. The lowest BCUT2D eigenvalue weighted by Gasteiger charge is -2.34. The minimum absolute atomic E-state index is 0.110. The largest absolute Gasteiger partial charge is 0.377 e. The molecule has 2 bridgehead atoms. The summed E-state index contributed by atoms with van der Waals surface area (Å²) in [5, 5.41) is 0. The molecule has 0 N–H and O–H groups in total. The van der Waals surface area contributed by atoms with E-state index in [1.165, 1.54) is 0 Å². The second-order valence-corrected chi connectivity index (χ2v) is 3.66. The fourth-order valence-electron chi connectivity index (χ4n) is 2.23. The van der Waals surface area contributed by atoms with E-state index in [9.17, 15) is 4.79 Å². The van der Waals surface area contributed by atoms with Gasteiger partial charge in [0.1, 0.15) is 6.61 Å². The maximum absolute atomic E-state index is 11.6. The van der Waals surface area contributed by atoms with Crippen molar-refractivity contribution in [3.8, 4) is 0 Å².